The number of nitrogens with zero attached hydrogens (tertiary/aromatic N) is 4. The maximum absolute atomic E-state index is 6.80. The Balaban J connectivity index is 0.985. The second kappa shape index (κ2) is 14.5. The predicted molar refractivity (Wildman–Crippen MR) is 264 cm³/mol. The molecule has 0 aliphatic heterocycles. The average molecular weight is 817 g/mol. The number of furan rings is 1. The van der Waals surface area contributed by atoms with E-state index in [9.17, 15) is 0 Å². The Bertz CT molecular complexity index is 3830. The molecule has 0 fully saturated rings. The third-order valence-electron chi connectivity index (χ3n) is 12.6. The van der Waals surface area contributed by atoms with E-state index in [0.29, 0.717) is 17.5 Å². The fourth-order valence-corrected chi connectivity index (χ4v) is 9.51. The Morgan fingerprint density at radius 2 is 0.781 bits per heavy atom. The molecule has 0 aliphatic rings. The van der Waals surface area contributed by atoms with Crippen LogP contribution in [0.2, 0.25) is 0 Å². The summed E-state index contributed by atoms with van der Waals surface area (Å²) in [5, 5.41) is 9.20. The topological polar surface area (TPSA) is 56.7 Å². The summed E-state index contributed by atoms with van der Waals surface area (Å²) in [6.45, 7) is 0. The van der Waals surface area contributed by atoms with Crippen molar-refractivity contribution >= 4 is 65.3 Å². The fourth-order valence-electron chi connectivity index (χ4n) is 9.51. The summed E-state index contributed by atoms with van der Waals surface area (Å²) in [7, 11) is 0. The van der Waals surface area contributed by atoms with Crippen molar-refractivity contribution in [3.05, 3.63) is 218 Å². The van der Waals surface area contributed by atoms with Crippen molar-refractivity contribution in [3.63, 3.8) is 0 Å². The summed E-state index contributed by atoms with van der Waals surface area (Å²) in [6, 6.07) is 76.9. The second-order valence-electron chi connectivity index (χ2n) is 16.4. The van der Waals surface area contributed by atoms with Crippen LogP contribution < -0.4 is 0 Å². The van der Waals surface area contributed by atoms with E-state index in [1.165, 1.54) is 21.5 Å². The van der Waals surface area contributed by atoms with Crippen molar-refractivity contribution < 1.29 is 4.42 Å². The minimum atomic E-state index is 0.592. The van der Waals surface area contributed by atoms with Crippen LogP contribution in [-0.4, -0.2) is 19.5 Å². The van der Waals surface area contributed by atoms with Crippen LogP contribution in [0.3, 0.4) is 0 Å². The lowest BCUT2D eigenvalue weighted by atomic mass is 10.0. The molecule has 13 aromatic rings. The first-order valence-corrected chi connectivity index (χ1v) is 21.6. The zero-order valence-electron chi connectivity index (χ0n) is 34.5. The van der Waals surface area contributed by atoms with E-state index in [1.54, 1.807) is 0 Å². The molecule has 0 saturated carbocycles. The van der Waals surface area contributed by atoms with Crippen LogP contribution in [0.1, 0.15) is 0 Å². The van der Waals surface area contributed by atoms with Gasteiger partial charge in [-0.2, -0.15) is 0 Å². The Hall–Kier alpha value is -8.67. The summed E-state index contributed by atoms with van der Waals surface area (Å²) in [5.41, 5.74) is 12.3. The Morgan fingerprint density at radius 1 is 0.297 bits per heavy atom. The van der Waals surface area contributed by atoms with E-state index in [1.807, 2.05) is 12.1 Å². The van der Waals surface area contributed by atoms with Crippen molar-refractivity contribution in [1.29, 1.82) is 0 Å². The van der Waals surface area contributed by atoms with Crippen molar-refractivity contribution in [3.8, 4) is 62.1 Å². The van der Waals surface area contributed by atoms with Gasteiger partial charge in [-0.05, 0) is 74.8 Å². The number of aromatic nitrogens is 4. The zero-order chi connectivity index (χ0) is 42.1. The van der Waals surface area contributed by atoms with E-state index in [4.69, 9.17) is 19.4 Å². The first kappa shape index (κ1) is 36.0. The highest BCUT2D eigenvalue weighted by Gasteiger charge is 2.21. The zero-order valence-corrected chi connectivity index (χ0v) is 34.5. The number of fused-ring (bicyclic) bond motifs is 9. The van der Waals surface area contributed by atoms with Gasteiger partial charge in [0, 0.05) is 49.7 Å². The Kier molecular flexibility index (Phi) is 8.15. The fraction of sp³-hybridized carbons (Fsp3) is 0. The monoisotopic (exact) mass is 816 g/mol. The molecule has 0 bridgehead atoms. The highest BCUT2D eigenvalue weighted by molar-refractivity contribution is 6.22. The molecule has 13 rings (SSSR count). The molecule has 0 spiro atoms. The van der Waals surface area contributed by atoms with Crippen LogP contribution in [-0.2, 0) is 0 Å². The lowest BCUT2D eigenvalue weighted by molar-refractivity contribution is 0.669. The summed E-state index contributed by atoms with van der Waals surface area (Å²) in [6.07, 6.45) is 0. The summed E-state index contributed by atoms with van der Waals surface area (Å²) >= 11 is 0. The van der Waals surface area contributed by atoms with Gasteiger partial charge in [0.25, 0.3) is 0 Å². The lowest BCUT2D eigenvalue weighted by Gasteiger charge is -2.13. The van der Waals surface area contributed by atoms with Crippen LogP contribution in [0.5, 0.6) is 0 Å². The molecule has 0 amide bonds. The molecule has 298 valence electrons. The van der Waals surface area contributed by atoms with Gasteiger partial charge in [0.15, 0.2) is 17.5 Å². The van der Waals surface area contributed by atoms with Crippen molar-refractivity contribution in [2.24, 2.45) is 0 Å². The van der Waals surface area contributed by atoms with E-state index in [-0.39, 0.29) is 0 Å². The van der Waals surface area contributed by atoms with Gasteiger partial charge in [-0.15, -0.1) is 0 Å². The van der Waals surface area contributed by atoms with Crippen LogP contribution in [0, 0.1) is 0 Å². The van der Waals surface area contributed by atoms with E-state index in [2.05, 4.69) is 211 Å². The minimum Gasteiger partial charge on any atom is -0.456 e. The van der Waals surface area contributed by atoms with Gasteiger partial charge in [0.2, 0.25) is 0 Å². The Labute approximate surface area is 368 Å². The lowest BCUT2D eigenvalue weighted by Crippen LogP contribution is -2.00. The molecule has 3 heterocycles. The number of hydrogen-bond acceptors (Lipinski definition) is 4. The molecule has 10 aromatic carbocycles. The second-order valence-corrected chi connectivity index (χ2v) is 16.4. The molecule has 0 radical (unpaired) electrons. The van der Waals surface area contributed by atoms with Crippen LogP contribution in [0.4, 0.5) is 0 Å². The molecule has 0 aliphatic carbocycles. The molecular weight excluding hydrogens is 781 g/mol. The third kappa shape index (κ3) is 5.90. The van der Waals surface area contributed by atoms with Crippen molar-refractivity contribution in [2.45, 2.75) is 0 Å². The van der Waals surface area contributed by atoms with Crippen LogP contribution >= 0.6 is 0 Å². The largest absolute Gasteiger partial charge is 0.456 e. The maximum Gasteiger partial charge on any atom is 0.164 e. The highest BCUT2D eigenvalue weighted by atomic mass is 16.3. The molecule has 3 aromatic heterocycles. The quantitative estimate of drug-likeness (QED) is 0.168. The SMILES string of the molecule is c1ccc(-c2ccc(-c3nc(-c4ccc(-c5ccccc5)cc4)nc(-c4ccc5oc6cc(-n7c8ccccc8c8cc9ccccc9cc87)c7ccccc7c6c5c4)n3)cc2)cc1. The molecule has 0 N–H and O–H groups in total. The molecule has 0 atom stereocenters. The summed E-state index contributed by atoms with van der Waals surface area (Å²) in [4.78, 5) is 15.4. The molecule has 0 unspecified atom stereocenters. The molecule has 64 heavy (non-hydrogen) atoms. The normalized spacial score (nSPS) is 11.8. The van der Waals surface area contributed by atoms with Gasteiger partial charge >= 0.3 is 0 Å². The highest BCUT2D eigenvalue weighted by Crippen LogP contribution is 2.43. The number of rotatable bonds is 6. The van der Waals surface area contributed by atoms with Crippen LogP contribution in [0.25, 0.3) is 127 Å². The molecule has 5 nitrogen and oxygen atoms in total. The maximum atomic E-state index is 6.80. The minimum absolute atomic E-state index is 0.592. The first-order chi connectivity index (χ1) is 31.7. The van der Waals surface area contributed by atoms with Gasteiger partial charge < -0.3 is 8.98 Å². The number of benzene rings is 10. The number of para-hydroxylation sites is 1. The summed E-state index contributed by atoms with van der Waals surface area (Å²) < 4.78 is 9.21. The smallest absolute Gasteiger partial charge is 0.164 e. The molecule has 0 saturated heterocycles. The average Bonchev–Trinajstić information content (AvgIpc) is 3.90. The number of hydrogen-bond donors (Lipinski definition) is 0. The van der Waals surface area contributed by atoms with E-state index >= 15 is 0 Å². The predicted octanol–water partition coefficient (Wildman–Crippen LogP) is 15.5. The van der Waals surface area contributed by atoms with Gasteiger partial charge in [-0.3, -0.25) is 0 Å². The Morgan fingerprint density at radius 3 is 1.42 bits per heavy atom. The molecule has 5 heteroatoms. The first-order valence-electron chi connectivity index (χ1n) is 21.6. The third-order valence-corrected chi connectivity index (χ3v) is 12.6. The van der Waals surface area contributed by atoms with Crippen molar-refractivity contribution in [2.75, 3.05) is 0 Å². The van der Waals surface area contributed by atoms with Crippen molar-refractivity contribution in [1.82, 2.24) is 19.5 Å². The van der Waals surface area contributed by atoms with Gasteiger partial charge in [0.1, 0.15) is 11.2 Å². The van der Waals surface area contributed by atoms with E-state index in [0.717, 1.165) is 88.4 Å². The standard InChI is InChI=1S/C59H36N4O/c1-3-13-37(14-4-1)39-23-27-41(28-24-39)57-60-58(42-29-25-40(26-30-42)38-15-5-2-6-16-38)62-59(61-57)45-31-32-54-50(34-45)56-48-21-10-9-19-46(48)53(36-55(56)64-54)63-51-22-12-11-20-47(51)49-33-43-17-7-8-18-44(43)35-52(49)63/h1-36H. The van der Waals surface area contributed by atoms with Gasteiger partial charge in [0.05, 0.1) is 16.7 Å². The van der Waals surface area contributed by atoms with Crippen LogP contribution in [0.15, 0.2) is 223 Å². The van der Waals surface area contributed by atoms with Gasteiger partial charge in [-0.1, -0.05) is 176 Å². The summed E-state index contributed by atoms with van der Waals surface area (Å²) in [5.74, 6) is 1.81. The molecular formula is C59H36N4O. The van der Waals surface area contributed by atoms with Gasteiger partial charge in [-0.25, -0.2) is 15.0 Å². The van der Waals surface area contributed by atoms with E-state index < -0.39 is 0 Å².